The zero-order chi connectivity index (χ0) is 19.0. The van der Waals surface area contributed by atoms with Gasteiger partial charge in [0.2, 0.25) is 0 Å². The fraction of sp³-hybridized carbons (Fsp3) is 0.150. The summed E-state index contributed by atoms with van der Waals surface area (Å²) in [6.07, 6.45) is 0. The molecule has 0 spiro atoms. The number of carbonyl (C=O) groups excluding carboxylic acids is 1. The molecular formula is C20H17FN4OS. The fourth-order valence-corrected chi connectivity index (χ4v) is 3.94. The number of thiophene rings is 1. The van der Waals surface area contributed by atoms with Gasteiger partial charge in [0.1, 0.15) is 16.5 Å². The number of aromatic nitrogens is 3. The second kappa shape index (κ2) is 6.92. The minimum atomic E-state index is -0.264. The molecular weight excluding hydrogens is 363 g/mol. The van der Waals surface area contributed by atoms with Crippen molar-refractivity contribution in [1.82, 2.24) is 14.8 Å². The lowest BCUT2D eigenvalue weighted by atomic mass is 10.2. The molecule has 0 bridgehead atoms. The number of hydrogen-bond acceptors (Lipinski definition) is 4. The van der Waals surface area contributed by atoms with Gasteiger partial charge in [-0.25, -0.2) is 9.37 Å². The maximum Gasteiger partial charge on any atom is 0.266 e. The average molecular weight is 380 g/mol. The Morgan fingerprint density at radius 3 is 2.70 bits per heavy atom. The zero-order valence-corrected chi connectivity index (χ0v) is 15.7. The molecule has 1 aromatic carbocycles. The molecule has 7 heteroatoms. The Morgan fingerprint density at radius 2 is 1.96 bits per heavy atom. The van der Waals surface area contributed by atoms with E-state index in [-0.39, 0.29) is 11.7 Å². The van der Waals surface area contributed by atoms with Gasteiger partial charge in [0.25, 0.3) is 5.91 Å². The number of benzene rings is 1. The number of halogens is 1. The van der Waals surface area contributed by atoms with E-state index in [1.807, 2.05) is 36.7 Å². The van der Waals surface area contributed by atoms with Crippen LogP contribution >= 0.6 is 11.3 Å². The molecule has 1 N–H and O–H groups in total. The zero-order valence-electron chi connectivity index (χ0n) is 14.9. The Kier molecular flexibility index (Phi) is 4.45. The first-order chi connectivity index (χ1) is 13.0. The van der Waals surface area contributed by atoms with Crippen molar-refractivity contribution in [2.45, 2.75) is 20.4 Å². The second-order valence-corrected chi connectivity index (χ2v) is 7.35. The summed E-state index contributed by atoms with van der Waals surface area (Å²) in [5.74, 6) is 0.0736. The fourth-order valence-electron chi connectivity index (χ4n) is 2.89. The van der Waals surface area contributed by atoms with E-state index in [9.17, 15) is 9.18 Å². The van der Waals surface area contributed by atoms with Crippen LogP contribution in [0.5, 0.6) is 0 Å². The topological polar surface area (TPSA) is 59.8 Å². The molecule has 0 fully saturated rings. The van der Waals surface area contributed by atoms with E-state index in [1.165, 1.54) is 23.5 Å². The monoisotopic (exact) mass is 380 g/mol. The number of nitrogens with one attached hydrogen (secondary N) is 1. The predicted octanol–water partition coefficient (Wildman–Crippen LogP) is 4.55. The Bertz CT molecular complexity index is 1130. The third kappa shape index (κ3) is 3.59. The van der Waals surface area contributed by atoms with Crippen molar-refractivity contribution in [2.75, 3.05) is 5.32 Å². The smallest absolute Gasteiger partial charge is 0.266 e. The highest BCUT2D eigenvalue weighted by molar-refractivity contribution is 7.20. The lowest BCUT2D eigenvalue weighted by Crippen LogP contribution is -2.11. The van der Waals surface area contributed by atoms with Crippen LogP contribution in [0.3, 0.4) is 0 Å². The Morgan fingerprint density at radius 1 is 1.19 bits per heavy atom. The highest BCUT2D eigenvalue weighted by atomic mass is 32.1. The number of amides is 1. The van der Waals surface area contributed by atoms with Crippen LogP contribution in [0.4, 0.5) is 10.2 Å². The van der Waals surface area contributed by atoms with E-state index in [2.05, 4.69) is 15.4 Å². The number of rotatable bonds is 4. The van der Waals surface area contributed by atoms with Crippen LogP contribution < -0.4 is 5.32 Å². The molecule has 0 aliphatic rings. The van der Waals surface area contributed by atoms with Crippen LogP contribution in [0.15, 0.2) is 48.5 Å². The normalized spacial score (nSPS) is 11.1. The lowest BCUT2D eigenvalue weighted by Gasteiger charge is -2.04. The molecule has 0 radical (unpaired) electrons. The van der Waals surface area contributed by atoms with Gasteiger partial charge in [-0.05, 0) is 49.7 Å². The van der Waals surface area contributed by atoms with Crippen molar-refractivity contribution >= 4 is 33.3 Å². The first-order valence-electron chi connectivity index (χ1n) is 8.46. The summed E-state index contributed by atoms with van der Waals surface area (Å²) in [7, 11) is 0. The first kappa shape index (κ1) is 17.4. The van der Waals surface area contributed by atoms with Crippen molar-refractivity contribution in [3.63, 3.8) is 0 Å². The molecule has 3 aromatic heterocycles. The van der Waals surface area contributed by atoms with Crippen LogP contribution in [0.25, 0.3) is 10.2 Å². The molecule has 0 aliphatic carbocycles. The molecule has 0 saturated carbocycles. The minimum absolute atomic E-state index is 0.193. The maximum absolute atomic E-state index is 13.1. The number of pyridine rings is 1. The number of aryl methyl sites for hydroxylation is 2. The summed E-state index contributed by atoms with van der Waals surface area (Å²) in [6.45, 7) is 4.31. The van der Waals surface area contributed by atoms with Crippen molar-refractivity contribution in [3.05, 3.63) is 76.2 Å². The van der Waals surface area contributed by atoms with Crippen LogP contribution in [-0.4, -0.2) is 20.7 Å². The van der Waals surface area contributed by atoms with Crippen molar-refractivity contribution in [3.8, 4) is 0 Å². The van der Waals surface area contributed by atoms with Gasteiger partial charge in [0.15, 0.2) is 0 Å². The van der Waals surface area contributed by atoms with Gasteiger partial charge in [-0.2, -0.15) is 5.10 Å². The Balaban J connectivity index is 1.62. The third-order valence-electron chi connectivity index (χ3n) is 4.21. The highest BCUT2D eigenvalue weighted by Gasteiger charge is 2.17. The first-order valence-corrected chi connectivity index (χ1v) is 9.27. The lowest BCUT2D eigenvalue weighted by molar-refractivity contribution is 0.103. The maximum atomic E-state index is 13.1. The molecule has 1 amide bonds. The molecule has 0 aliphatic heterocycles. The SMILES string of the molecule is Cc1cccc(NC(=O)c2cc3c(C)nn(Cc4ccc(F)cc4)c3s2)n1. The Labute approximate surface area is 159 Å². The molecule has 136 valence electrons. The molecule has 4 rings (SSSR count). The largest absolute Gasteiger partial charge is 0.306 e. The van der Waals surface area contributed by atoms with Gasteiger partial charge in [-0.1, -0.05) is 18.2 Å². The van der Waals surface area contributed by atoms with E-state index in [0.717, 1.165) is 27.2 Å². The molecule has 27 heavy (non-hydrogen) atoms. The minimum Gasteiger partial charge on any atom is -0.306 e. The van der Waals surface area contributed by atoms with E-state index in [1.54, 1.807) is 18.2 Å². The van der Waals surface area contributed by atoms with E-state index in [4.69, 9.17) is 0 Å². The molecule has 5 nitrogen and oxygen atoms in total. The van der Waals surface area contributed by atoms with Crippen molar-refractivity contribution in [1.29, 1.82) is 0 Å². The summed E-state index contributed by atoms with van der Waals surface area (Å²) in [6, 6.07) is 13.7. The van der Waals surface area contributed by atoms with Gasteiger partial charge in [-0.3, -0.25) is 9.48 Å². The van der Waals surface area contributed by atoms with Crippen LogP contribution in [-0.2, 0) is 6.54 Å². The Hall–Kier alpha value is -3.06. The number of hydrogen-bond donors (Lipinski definition) is 1. The molecule has 4 aromatic rings. The molecule has 0 unspecified atom stereocenters. The van der Waals surface area contributed by atoms with E-state index in [0.29, 0.717) is 17.2 Å². The summed E-state index contributed by atoms with van der Waals surface area (Å²) >= 11 is 1.39. The predicted molar refractivity (Wildman–Crippen MR) is 105 cm³/mol. The highest BCUT2D eigenvalue weighted by Crippen LogP contribution is 2.29. The molecule has 0 saturated heterocycles. The molecule has 3 heterocycles. The van der Waals surface area contributed by atoms with Gasteiger partial charge in [0.05, 0.1) is 17.1 Å². The average Bonchev–Trinajstić information content (AvgIpc) is 3.19. The van der Waals surface area contributed by atoms with Crippen molar-refractivity contribution < 1.29 is 9.18 Å². The quantitative estimate of drug-likeness (QED) is 0.565. The summed E-state index contributed by atoms with van der Waals surface area (Å²) in [5, 5.41) is 8.34. The second-order valence-electron chi connectivity index (χ2n) is 6.32. The summed E-state index contributed by atoms with van der Waals surface area (Å²) in [4.78, 5) is 18.4. The van der Waals surface area contributed by atoms with Crippen LogP contribution in [0, 0.1) is 19.7 Å². The standard InChI is InChI=1S/C20H17FN4OS/c1-12-4-3-5-18(22-12)23-19(26)17-10-16-13(2)24-25(20(16)27-17)11-14-6-8-15(21)9-7-14/h3-10H,11H2,1-2H3,(H,22,23,26). The summed E-state index contributed by atoms with van der Waals surface area (Å²) in [5.41, 5.74) is 2.65. The van der Waals surface area contributed by atoms with Crippen LogP contribution in [0.2, 0.25) is 0 Å². The van der Waals surface area contributed by atoms with Gasteiger partial charge >= 0.3 is 0 Å². The van der Waals surface area contributed by atoms with E-state index < -0.39 is 0 Å². The van der Waals surface area contributed by atoms with Gasteiger partial charge in [0, 0.05) is 11.1 Å². The number of fused-ring (bicyclic) bond motifs is 1. The number of nitrogens with zero attached hydrogens (tertiary/aromatic N) is 3. The van der Waals surface area contributed by atoms with Crippen molar-refractivity contribution in [2.24, 2.45) is 0 Å². The number of carbonyl (C=O) groups is 1. The van der Waals surface area contributed by atoms with Gasteiger partial charge < -0.3 is 5.32 Å². The third-order valence-corrected chi connectivity index (χ3v) is 5.35. The summed E-state index contributed by atoms with van der Waals surface area (Å²) < 4.78 is 15.0. The van der Waals surface area contributed by atoms with Gasteiger partial charge in [-0.15, -0.1) is 11.3 Å². The van der Waals surface area contributed by atoms with E-state index >= 15 is 0 Å². The number of anilines is 1. The molecule has 0 atom stereocenters. The van der Waals surface area contributed by atoms with Crippen LogP contribution in [0.1, 0.15) is 26.6 Å².